The van der Waals surface area contributed by atoms with E-state index in [0.29, 0.717) is 27.5 Å². The Morgan fingerprint density at radius 1 is 1.52 bits per heavy atom. The summed E-state index contributed by atoms with van der Waals surface area (Å²) in [7, 11) is 1.61. The lowest BCUT2D eigenvalue weighted by Crippen LogP contribution is -2.37. The zero-order valence-corrected chi connectivity index (χ0v) is 14.7. The molecule has 0 aliphatic carbocycles. The molecule has 0 spiro atoms. The summed E-state index contributed by atoms with van der Waals surface area (Å²) in [5.41, 5.74) is 0.624. The van der Waals surface area contributed by atoms with Gasteiger partial charge in [0.2, 0.25) is 11.1 Å². The maximum atomic E-state index is 13.0. The highest BCUT2D eigenvalue weighted by Gasteiger charge is 2.15. The summed E-state index contributed by atoms with van der Waals surface area (Å²) in [5.74, 6) is -0.0200. The number of pyridine rings is 1. The van der Waals surface area contributed by atoms with Gasteiger partial charge in [0.25, 0.3) is 0 Å². The van der Waals surface area contributed by atoms with Crippen molar-refractivity contribution in [1.82, 2.24) is 20.5 Å². The second kappa shape index (κ2) is 9.43. The number of halogens is 2. The Kier molecular flexibility index (Phi) is 7.93. The van der Waals surface area contributed by atoms with E-state index in [-0.39, 0.29) is 18.4 Å². The topological polar surface area (TPSA) is 71.0 Å². The number of nitrogens with zero attached hydrogens (tertiary/aromatic N) is 4. The molecular formula is C13H15ClFN5OS2. The van der Waals surface area contributed by atoms with E-state index < -0.39 is 5.95 Å². The van der Waals surface area contributed by atoms with Crippen LogP contribution in [0.3, 0.4) is 0 Å². The molecule has 2 aromatic rings. The first kappa shape index (κ1) is 19.3. The smallest absolute Gasteiger partial charge is 0.323 e. The van der Waals surface area contributed by atoms with Gasteiger partial charge in [0.15, 0.2) is 4.34 Å². The van der Waals surface area contributed by atoms with Crippen LogP contribution in [0.2, 0.25) is 0 Å². The van der Waals surface area contributed by atoms with Gasteiger partial charge in [-0.2, -0.15) is 4.39 Å². The Balaban J connectivity index is 0.00000264. The quantitative estimate of drug-likeness (QED) is 0.363. The van der Waals surface area contributed by atoms with Gasteiger partial charge in [0, 0.05) is 19.3 Å². The van der Waals surface area contributed by atoms with Crippen LogP contribution in [0.4, 0.5) is 14.3 Å². The summed E-state index contributed by atoms with van der Waals surface area (Å²) in [4.78, 5) is 16.9. The molecule has 2 amide bonds. The summed E-state index contributed by atoms with van der Waals surface area (Å²) >= 11 is 2.68. The van der Waals surface area contributed by atoms with Crippen LogP contribution >= 0.6 is 35.5 Å². The number of rotatable bonds is 6. The molecule has 124 valence electrons. The average molecular weight is 376 g/mol. The lowest BCUT2D eigenvalue weighted by Gasteiger charge is -2.12. The van der Waals surface area contributed by atoms with Crippen LogP contribution in [0.25, 0.3) is 0 Å². The molecule has 10 heteroatoms. The van der Waals surface area contributed by atoms with Crippen molar-refractivity contribution in [1.29, 1.82) is 0 Å². The van der Waals surface area contributed by atoms with Crippen LogP contribution in [-0.4, -0.2) is 34.8 Å². The van der Waals surface area contributed by atoms with Gasteiger partial charge in [-0.15, -0.1) is 29.2 Å². The van der Waals surface area contributed by atoms with Crippen molar-refractivity contribution in [2.24, 2.45) is 0 Å². The molecule has 2 heterocycles. The summed E-state index contributed by atoms with van der Waals surface area (Å²) in [6, 6.07) is 4.38. The third-order valence-corrected chi connectivity index (χ3v) is 4.67. The van der Waals surface area contributed by atoms with E-state index in [0.717, 1.165) is 0 Å². The minimum absolute atomic E-state index is 0. The maximum absolute atomic E-state index is 13.0. The molecule has 0 bridgehead atoms. The first-order valence-electron chi connectivity index (χ1n) is 6.30. The zero-order valence-electron chi connectivity index (χ0n) is 12.2. The van der Waals surface area contributed by atoms with Gasteiger partial charge in [-0.25, -0.2) is 9.78 Å². The maximum Gasteiger partial charge on any atom is 0.323 e. The fraction of sp³-hybridized carbons (Fsp3) is 0.231. The number of thioether (sulfide) groups is 1. The summed E-state index contributed by atoms with van der Waals surface area (Å²) in [5, 5.41) is 11.1. The first-order chi connectivity index (χ1) is 10.6. The highest BCUT2D eigenvalue weighted by Crippen LogP contribution is 2.29. The predicted molar refractivity (Wildman–Crippen MR) is 92.9 cm³/mol. The van der Waals surface area contributed by atoms with Crippen molar-refractivity contribution in [2.45, 2.75) is 10.1 Å². The van der Waals surface area contributed by atoms with Gasteiger partial charge in [-0.1, -0.05) is 35.2 Å². The van der Waals surface area contributed by atoms with Gasteiger partial charge < -0.3 is 5.32 Å². The Hall–Kier alpha value is -1.71. The van der Waals surface area contributed by atoms with Gasteiger partial charge in [0.05, 0.1) is 5.69 Å². The number of carbonyl (C=O) groups excluding carboxylic acids is 1. The molecule has 0 saturated carbocycles. The molecule has 0 unspecified atom stereocenters. The van der Waals surface area contributed by atoms with Crippen LogP contribution in [0.1, 0.15) is 5.69 Å². The van der Waals surface area contributed by atoms with Crippen LogP contribution in [-0.2, 0) is 5.75 Å². The molecule has 0 atom stereocenters. The minimum Gasteiger partial charge on any atom is -0.334 e. The Bertz CT molecular complexity index is 669. The second-order valence-electron chi connectivity index (χ2n) is 4.12. The molecule has 0 aliphatic rings. The number of hydrogen-bond donors (Lipinski definition) is 1. The molecule has 2 aromatic heterocycles. The lowest BCUT2D eigenvalue weighted by atomic mass is 10.4. The van der Waals surface area contributed by atoms with Crippen molar-refractivity contribution < 1.29 is 9.18 Å². The zero-order chi connectivity index (χ0) is 15.9. The van der Waals surface area contributed by atoms with Crippen molar-refractivity contribution in [2.75, 3.05) is 18.5 Å². The molecule has 6 nitrogen and oxygen atoms in total. The molecule has 0 fully saturated rings. The predicted octanol–water partition coefficient (Wildman–Crippen LogP) is 3.12. The van der Waals surface area contributed by atoms with Gasteiger partial charge in [0.1, 0.15) is 0 Å². The van der Waals surface area contributed by atoms with Gasteiger partial charge in [-0.05, 0) is 12.1 Å². The summed E-state index contributed by atoms with van der Waals surface area (Å²) in [6.07, 6.45) is 1.60. The molecule has 0 radical (unpaired) electrons. The second-order valence-corrected chi connectivity index (χ2v) is 6.30. The highest BCUT2D eigenvalue weighted by molar-refractivity contribution is 8.00. The molecule has 2 rings (SSSR count). The third-order valence-electron chi connectivity index (χ3n) is 2.50. The Labute approximate surface area is 147 Å². The van der Waals surface area contributed by atoms with Gasteiger partial charge in [-0.3, -0.25) is 4.90 Å². The first-order valence-corrected chi connectivity index (χ1v) is 8.10. The van der Waals surface area contributed by atoms with E-state index in [1.807, 2.05) is 0 Å². The number of hydrogen-bond acceptors (Lipinski definition) is 6. The van der Waals surface area contributed by atoms with Gasteiger partial charge >= 0.3 is 6.03 Å². The summed E-state index contributed by atoms with van der Waals surface area (Å²) < 4.78 is 13.7. The third kappa shape index (κ3) is 5.77. The Morgan fingerprint density at radius 2 is 2.30 bits per heavy atom. The molecule has 0 aliphatic heterocycles. The van der Waals surface area contributed by atoms with E-state index in [2.05, 4.69) is 27.1 Å². The minimum atomic E-state index is -0.505. The molecule has 0 aromatic carbocycles. The van der Waals surface area contributed by atoms with Crippen LogP contribution in [0.15, 0.2) is 35.2 Å². The summed E-state index contributed by atoms with van der Waals surface area (Å²) in [6.45, 7) is 3.92. The number of urea groups is 1. The standard InChI is InChI=1S/C13H14FN5OS2.ClH/c1-3-7-15-11(20)19(2)12-17-18-13(22-12)21-8-9-5-4-6-10(14)16-9;/h3-6H,1,7-8H2,2H3,(H,15,20);1H. The van der Waals surface area contributed by atoms with Crippen molar-refractivity contribution in [3.63, 3.8) is 0 Å². The monoisotopic (exact) mass is 375 g/mol. The fourth-order valence-corrected chi connectivity index (χ4v) is 3.13. The number of amides is 2. The van der Waals surface area contributed by atoms with E-state index >= 15 is 0 Å². The lowest BCUT2D eigenvalue weighted by molar-refractivity contribution is 0.248. The van der Waals surface area contributed by atoms with Crippen LogP contribution in [0, 0.1) is 5.95 Å². The number of anilines is 1. The van der Waals surface area contributed by atoms with Crippen molar-refractivity contribution in [3.05, 3.63) is 42.5 Å². The molecule has 1 N–H and O–H groups in total. The van der Waals surface area contributed by atoms with E-state index in [1.165, 1.54) is 34.1 Å². The molecular weight excluding hydrogens is 361 g/mol. The van der Waals surface area contributed by atoms with Crippen LogP contribution in [0.5, 0.6) is 0 Å². The molecule has 0 saturated heterocycles. The van der Waals surface area contributed by atoms with Crippen molar-refractivity contribution in [3.8, 4) is 0 Å². The van der Waals surface area contributed by atoms with Crippen LogP contribution < -0.4 is 10.2 Å². The van der Waals surface area contributed by atoms with E-state index in [4.69, 9.17) is 0 Å². The highest BCUT2D eigenvalue weighted by atomic mass is 35.5. The fourth-order valence-electron chi connectivity index (χ4n) is 1.43. The largest absolute Gasteiger partial charge is 0.334 e. The SMILES string of the molecule is C=CCNC(=O)N(C)c1nnc(SCc2cccc(F)n2)s1.Cl. The number of aromatic nitrogens is 3. The number of carbonyl (C=O) groups is 1. The molecule has 23 heavy (non-hydrogen) atoms. The number of nitrogens with one attached hydrogen (secondary N) is 1. The van der Waals surface area contributed by atoms with Crippen molar-refractivity contribution >= 4 is 46.7 Å². The van der Waals surface area contributed by atoms with E-state index in [9.17, 15) is 9.18 Å². The Morgan fingerprint density at radius 3 is 3.00 bits per heavy atom. The van der Waals surface area contributed by atoms with E-state index in [1.54, 1.807) is 25.3 Å². The average Bonchev–Trinajstić information content (AvgIpc) is 2.99. The normalized spacial score (nSPS) is 9.83.